The van der Waals surface area contributed by atoms with E-state index in [9.17, 15) is 5.11 Å². The first kappa shape index (κ1) is 24.0. The lowest BCUT2D eigenvalue weighted by atomic mass is 9.77. The second kappa shape index (κ2) is 9.73. The molecule has 3 heterocycles. The van der Waals surface area contributed by atoms with Gasteiger partial charge in [-0.3, -0.25) is 0 Å². The molecule has 3 N–H and O–H groups in total. The molecule has 2 aromatic heterocycles. The van der Waals surface area contributed by atoms with Gasteiger partial charge in [0.25, 0.3) is 5.89 Å². The summed E-state index contributed by atoms with van der Waals surface area (Å²) in [5.41, 5.74) is 4.75. The van der Waals surface area contributed by atoms with E-state index in [4.69, 9.17) is 13.7 Å². The molecule has 184 valence electrons. The first-order valence-corrected chi connectivity index (χ1v) is 11.7. The number of pyridine rings is 1. The summed E-state index contributed by atoms with van der Waals surface area (Å²) in [6.45, 7) is 5.68. The number of rotatable bonds is 8. The van der Waals surface area contributed by atoms with E-state index in [1.807, 2.05) is 62.4 Å². The van der Waals surface area contributed by atoms with E-state index < -0.39 is 5.60 Å². The number of fused-ring (bicyclic) bond motifs is 1. The third kappa shape index (κ3) is 4.70. The van der Waals surface area contributed by atoms with E-state index in [0.717, 1.165) is 22.3 Å². The van der Waals surface area contributed by atoms with Gasteiger partial charge in [-0.1, -0.05) is 36.4 Å². The highest BCUT2D eigenvalue weighted by molar-refractivity contribution is 6.63. The fourth-order valence-corrected chi connectivity index (χ4v) is 4.40. The van der Waals surface area contributed by atoms with E-state index in [-0.39, 0.29) is 19.8 Å². The minimum atomic E-state index is -0.475. The predicted molar refractivity (Wildman–Crippen MR) is 138 cm³/mol. The van der Waals surface area contributed by atoms with E-state index in [0.29, 0.717) is 28.9 Å². The molecule has 0 amide bonds. The second-order valence-electron chi connectivity index (χ2n) is 9.15. The minimum absolute atomic E-state index is 0.0992. The monoisotopic (exact) mass is 485 g/mol. The SMILES string of the molecule is COB1OC(C)(C)c2cc(Nc3cc(N[C@H](CO)c4ccccc4)c(-c4nnc(C)o4)cn3)ccc21. The Hall–Kier alpha value is -3.73. The maximum atomic E-state index is 10.1. The van der Waals surface area contributed by atoms with E-state index in [1.54, 1.807) is 20.2 Å². The number of anilines is 3. The summed E-state index contributed by atoms with van der Waals surface area (Å²) in [5, 5.41) is 25.0. The van der Waals surface area contributed by atoms with Crippen LogP contribution < -0.4 is 16.1 Å². The van der Waals surface area contributed by atoms with Gasteiger partial charge in [-0.2, -0.15) is 0 Å². The van der Waals surface area contributed by atoms with Gasteiger partial charge in [-0.15, -0.1) is 10.2 Å². The van der Waals surface area contributed by atoms with Crippen LogP contribution in [0.2, 0.25) is 0 Å². The lowest BCUT2D eigenvalue weighted by Gasteiger charge is -2.21. The van der Waals surface area contributed by atoms with Gasteiger partial charge in [0.15, 0.2) is 0 Å². The van der Waals surface area contributed by atoms with Gasteiger partial charge in [0.2, 0.25) is 5.89 Å². The number of nitrogens with one attached hydrogen (secondary N) is 2. The molecule has 0 bridgehead atoms. The van der Waals surface area contributed by atoms with Gasteiger partial charge in [0, 0.05) is 32.0 Å². The van der Waals surface area contributed by atoms with Crippen LogP contribution in [0, 0.1) is 6.92 Å². The Balaban J connectivity index is 1.49. The van der Waals surface area contributed by atoms with Crippen LogP contribution in [0.15, 0.2) is 65.2 Å². The summed E-state index contributed by atoms with van der Waals surface area (Å²) >= 11 is 0. The number of aryl methyl sites for hydroxylation is 1. The normalized spacial score (nSPS) is 15.0. The molecule has 4 aromatic rings. The zero-order valence-corrected chi connectivity index (χ0v) is 20.6. The molecule has 0 unspecified atom stereocenters. The molecule has 36 heavy (non-hydrogen) atoms. The number of nitrogens with zero attached hydrogens (tertiary/aromatic N) is 3. The zero-order valence-electron chi connectivity index (χ0n) is 20.6. The predicted octanol–water partition coefficient (Wildman–Crippen LogP) is 3.94. The summed E-state index contributed by atoms with van der Waals surface area (Å²) in [6, 6.07) is 17.3. The third-order valence-corrected chi connectivity index (χ3v) is 6.22. The van der Waals surface area contributed by atoms with Crippen molar-refractivity contribution in [3.63, 3.8) is 0 Å². The number of benzene rings is 2. The molecule has 9 nitrogen and oxygen atoms in total. The maximum absolute atomic E-state index is 10.1. The minimum Gasteiger partial charge on any atom is -0.421 e. The fourth-order valence-electron chi connectivity index (χ4n) is 4.40. The van der Waals surface area contributed by atoms with Crippen molar-refractivity contribution in [1.29, 1.82) is 0 Å². The van der Waals surface area contributed by atoms with Crippen LogP contribution in [0.25, 0.3) is 11.5 Å². The van der Waals surface area contributed by atoms with Crippen LogP contribution in [-0.2, 0) is 14.9 Å². The van der Waals surface area contributed by atoms with Crippen molar-refractivity contribution in [1.82, 2.24) is 15.2 Å². The first-order valence-electron chi connectivity index (χ1n) is 11.7. The molecule has 1 aliphatic heterocycles. The summed E-state index contributed by atoms with van der Waals surface area (Å²) in [4.78, 5) is 4.59. The topological polar surface area (TPSA) is 115 Å². The zero-order chi connectivity index (χ0) is 25.3. The van der Waals surface area contributed by atoms with Gasteiger partial charge in [-0.25, -0.2) is 4.98 Å². The van der Waals surface area contributed by atoms with Gasteiger partial charge in [0.05, 0.1) is 29.5 Å². The molecule has 0 saturated carbocycles. The van der Waals surface area contributed by atoms with Crippen molar-refractivity contribution in [2.45, 2.75) is 32.4 Å². The van der Waals surface area contributed by atoms with Crippen LogP contribution in [-0.4, -0.2) is 41.1 Å². The Morgan fingerprint density at radius 3 is 2.61 bits per heavy atom. The average molecular weight is 485 g/mol. The first-order chi connectivity index (χ1) is 17.4. The number of aliphatic hydroxyl groups is 1. The molecule has 0 radical (unpaired) electrons. The molecule has 1 aliphatic rings. The van der Waals surface area contributed by atoms with Gasteiger partial charge < -0.3 is 29.5 Å². The molecule has 0 fully saturated rings. The highest BCUT2D eigenvalue weighted by atomic mass is 16.6. The van der Waals surface area contributed by atoms with Crippen molar-refractivity contribution in [3.8, 4) is 11.5 Å². The van der Waals surface area contributed by atoms with Gasteiger partial charge >= 0.3 is 7.12 Å². The summed E-state index contributed by atoms with van der Waals surface area (Å²) in [7, 11) is 1.26. The lowest BCUT2D eigenvalue weighted by Crippen LogP contribution is -2.31. The molecule has 0 saturated heterocycles. The third-order valence-electron chi connectivity index (χ3n) is 6.22. The quantitative estimate of drug-likeness (QED) is 0.319. The molecule has 0 aliphatic carbocycles. The van der Waals surface area contributed by atoms with Crippen molar-refractivity contribution in [3.05, 3.63) is 77.8 Å². The fraction of sp³-hybridized carbons (Fsp3) is 0.269. The number of aromatic nitrogens is 3. The highest BCUT2D eigenvalue weighted by Gasteiger charge is 2.42. The largest absolute Gasteiger partial charge is 0.494 e. The Bertz CT molecular complexity index is 1360. The summed E-state index contributed by atoms with van der Waals surface area (Å²) in [6.07, 6.45) is 1.68. The second-order valence-corrected chi connectivity index (χ2v) is 9.15. The number of hydrogen-bond donors (Lipinski definition) is 3. The van der Waals surface area contributed by atoms with Crippen molar-refractivity contribution < 1.29 is 18.8 Å². The van der Waals surface area contributed by atoms with Crippen molar-refractivity contribution in [2.24, 2.45) is 0 Å². The lowest BCUT2D eigenvalue weighted by molar-refractivity contribution is 0.0930. The van der Waals surface area contributed by atoms with E-state index in [2.05, 4.69) is 31.9 Å². The van der Waals surface area contributed by atoms with E-state index in [1.165, 1.54) is 0 Å². The Labute approximate surface area is 210 Å². The molecule has 10 heteroatoms. The van der Waals surface area contributed by atoms with Gasteiger partial charge in [-0.05, 0) is 42.6 Å². The van der Waals surface area contributed by atoms with Crippen LogP contribution in [0.3, 0.4) is 0 Å². The standard InChI is InChI=1S/C26H28BN5O4/c1-16-31-32-25(35-16)19-14-28-24(13-22(19)30-23(15-33)17-8-6-5-7-9-17)29-18-10-11-21-20(12-18)26(2,3)36-27(21)34-4/h5-14,23,33H,15H2,1-4H3,(H2,28,29,30)/t23-/m1/s1. The van der Waals surface area contributed by atoms with Crippen LogP contribution in [0.4, 0.5) is 17.2 Å². The van der Waals surface area contributed by atoms with E-state index >= 15 is 0 Å². The molecule has 1 atom stereocenters. The Kier molecular flexibility index (Phi) is 6.48. The molecular weight excluding hydrogens is 457 g/mol. The Morgan fingerprint density at radius 1 is 1.11 bits per heavy atom. The molecule has 5 rings (SSSR count). The number of aliphatic hydroxyl groups excluding tert-OH is 1. The van der Waals surface area contributed by atoms with Crippen LogP contribution in [0.5, 0.6) is 0 Å². The highest BCUT2D eigenvalue weighted by Crippen LogP contribution is 2.35. The summed E-state index contributed by atoms with van der Waals surface area (Å²) < 4.78 is 17.2. The number of hydrogen-bond acceptors (Lipinski definition) is 9. The van der Waals surface area contributed by atoms with Gasteiger partial charge in [0.1, 0.15) is 5.82 Å². The van der Waals surface area contributed by atoms with Crippen molar-refractivity contribution in [2.75, 3.05) is 24.4 Å². The molecule has 0 spiro atoms. The van der Waals surface area contributed by atoms with Crippen LogP contribution in [0.1, 0.15) is 36.9 Å². The average Bonchev–Trinajstić information content (AvgIpc) is 3.43. The molecular formula is C26H28BN5O4. The molecule has 2 aromatic carbocycles. The smallest absolute Gasteiger partial charge is 0.421 e. The summed E-state index contributed by atoms with van der Waals surface area (Å²) in [5.74, 6) is 1.42. The van der Waals surface area contributed by atoms with Crippen molar-refractivity contribution >= 4 is 29.8 Å². The maximum Gasteiger partial charge on any atom is 0.494 e. The Morgan fingerprint density at radius 2 is 1.92 bits per heavy atom. The van der Waals surface area contributed by atoms with Crippen LogP contribution >= 0.6 is 0 Å².